The van der Waals surface area contributed by atoms with E-state index in [1.165, 1.54) is 12.1 Å². The van der Waals surface area contributed by atoms with Crippen LogP contribution in [0.2, 0.25) is 0 Å². The van der Waals surface area contributed by atoms with Gasteiger partial charge >= 0.3 is 0 Å². The first-order valence-corrected chi connectivity index (χ1v) is 8.98. The van der Waals surface area contributed by atoms with Gasteiger partial charge in [0.15, 0.2) is 11.5 Å². The van der Waals surface area contributed by atoms with Crippen LogP contribution in [0.1, 0.15) is 11.4 Å². The van der Waals surface area contributed by atoms with Crippen molar-refractivity contribution in [1.29, 1.82) is 0 Å². The minimum atomic E-state index is -3.57. The molecule has 0 unspecified atom stereocenters. The van der Waals surface area contributed by atoms with Crippen molar-refractivity contribution >= 4 is 10.0 Å². The van der Waals surface area contributed by atoms with Gasteiger partial charge in [-0.2, -0.15) is 0 Å². The van der Waals surface area contributed by atoms with E-state index in [2.05, 4.69) is 9.29 Å². The highest BCUT2D eigenvalue weighted by Crippen LogP contribution is 2.32. The Morgan fingerprint density at radius 1 is 1.04 bits per heavy atom. The Balaban J connectivity index is 1.69. The molecular weight excluding hydrogens is 316 g/mol. The number of nitrogens with one attached hydrogen (secondary N) is 1. The Hall–Kier alpha value is -1.99. The van der Waals surface area contributed by atoms with Gasteiger partial charge in [-0.3, -0.25) is 0 Å². The van der Waals surface area contributed by atoms with Crippen molar-refractivity contribution in [1.82, 2.24) is 9.29 Å². The molecule has 124 valence electrons. The fourth-order valence-corrected chi connectivity index (χ4v) is 3.65. The lowest BCUT2D eigenvalue weighted by Gasteiger charge is -2.19. The van der Waals surface area contributed by atoms with Gasteiger partial charge in [-0.15, -0.1) is 0 Å². The molecule has 0 spiro atoms. The SMILES string of the molecule is Cc1ccc(C)n1CCNS(=O)(=O)c1ccc2c(c1)OCCO2. The molecule has 0 atom stereocenters. The zero-order chi connectivity index (χ0) is 16.4. The van der Waals surface area contributed by atoms with Gasteiger partial charge in [-0.25, -0.2) is 13.1 Å². The molecule has 1 aliphatic heterocycles. The van der Waals surface area contributed by atoms with E-state index in [1.807, 2.05) is 26.0 Å². The molecule has 1 aliphatic rings. The predicted octanol–water partition coefficient (Wildman–Crippen LogP) is 1.85. The summed E-state index contributed by atoms with van der Waals surface area (Å²) >= 11 is 0. The molecular formula is C16H20N2O4S. The van der Waals surface area contributed by atoms with Crippen LogP contribution in [0.3, 0.4) is 0 Å². The molecule has 0 bridgehead atoms. The zero-order valence-electron chi connectivity index (χ0n) is 13.2. The van der Waals surface area contributed by atoms with Gasteiger partial charge in [0.1, 0.15) is 13.2 Å². The fraction of sp³-hybridized carbons (Fsp3) is 0.375. The lowest BCUT2D eigenvalue weighted by atomic mass is 10.3. The Bertz CT molecular complexity index is 792. The summed E-state index contributed by atoms with van der Waals surface area (Å²) in [6, 6.07) is 8.70. The molecule has 7 heteroatoms. The van der Waals surface area contributed by atoms with Crippen molar-refractivity contribution in [3.05, 3.63) is 41.7 Å². The van der Waals surface area contributed by atoms with Gasteiger partial charge < -0.3 is 14.0 Å². The molecule has 23 heavy (non-hydrogen) atoms. The van der Waals surface area contributed by atoms with E-state index >= 15 is 0 Å². The zero-order valence-corrected chi connectivity index (χ0v) is 14.0. The summed E-state index contributed by atoms with van der Waals surface area (Å²) in [7, 11) is -3.57. The molecule has 1 aromatic carbocycles. The summed E-state index contributed by atoms with van der Waals surface area (Å²) < 4.78 is 40.3. The number of hydrogen-bond acceptors (Lipinski definition) is 4. The quantitative estimate of drug-likeness (QED) is 0.905. The van der Waals surface area contributed by atoms with Crippen LogP contribution in [-0.2, 0) is 16.6 Å². The highest BCUT2D eigenvalue weighted by Gasteiger charge is 2.19. The van der Waals surface area contributed by atoms with E-state index in [0.717, 1.165) is 11.4 Å². The smallest absolute Gasteiger partial charge is 0.240 e. The van der Waals surface area contributed by atoms with Crippen LogP contribution in [0.5, 0.6) is 11.5 Å². The van der Waals surface area contributed by atoms with E-state index < -0.39 is 10.0 Å². The van der Waals surface area contributed by atoms with Crippen molar-refractivity contribution in [3.8, 4) is 11.5 Å². The Labute approximate surface area is 136 Å². The predicted molar refractivity (Wildman–Crippen MR) is 86.5 cm³/mol. The Kier molecular flexibility index (Phi) is 4.32. The third-order valence-electron chi connectivity index (χ3n) is 3.87. The summed E-state index contributed by atoms with van der Waals surface area (Å²) in [4.78, 5) is 0.183. The first kappa shape index (κ1) is 15.9. The molecule has 0 saturated carbocycles. The van der Waals surface area contributed by atoms with E-state index in [1.54, 1.807) is 6.07 Å². The first-order valence-electron chi connectivity index (χ1n) is 7.49. The van der Waals surface area contributed by atoms with Gasteiger partial charge in [0.25, 0.3) is 0 Å². The Morgan fingerprint density at radius 3 is 2.39 bits per heavy atom. The van der Waals surface area contributed by atoms with Crippen molar-refractivity contribution in [2.24, 2.45) is 0 Å². The molecule has 0 aliphatic carbocycles. The van der Waals surface area contributed by atoms with E-state index in [4.69, 9.17) is 9.47 Å². The van der Waals surface area contributed by atoms with Crippen molar-refractivity contribution in [2.45, 2.75) is 25.3 Å². The monoisotopic (exact) mass is 336 g/mol. The van der Waals surface area contributed by atoms with Gasteiger partial charge in [-0.1, -0.05) is 0 Å². The van der Waals surface area contributed by atoms with Gasteiger partial charge in [0.2, 0.25) is 10.0 Å². The largest absolute Gasteiger partial charge is 0.486 e. The maximum absolute atomic E-state index is 12.4. The second-order valence-electron chi connectivity index (χ2n) is 5.47. The summed E-state index contributed by atoms with van der Waals surface area (Å²) in [5.41, 5.74) is 2.22. The first-order chi connectivity index (χ1) is 11.0. The average Bonchev–Trinajstić information content (AvgIpc) is 2.86. The number of nitrogens with zero attached hydrogens (tertiary/aromatic N) is 1. The van der Waals surface area contributed by atoms with Crippen molar-refractivity contribution in [3.63, 3.8) is 0 Å². The number of aryl methyl sites for hydroxylation is 2. The van der Waals surface area contributed by atoms with Gasteiger partial charge in [-0.05, 0) is 38.1 Å². The number of sulfonamides is 1. The molecule has 0 amide bonds. The molecule has 0 fully saturated rings. The molecule has 2 aromatic rings. The van der Waals surface area contributed by atoms with E-state index in [0.29, 0.717) is 37.8 Å². The number of rotatable bonds is 5. The number of aromatic nitrogens is 1. The summed E-state index contributed by atoms with van der Waals surface area (Å²) in [6.45, 7) is 5.83. The average molecular weight is 336 g/mol. The van der Waals surface area contributed by atoms with E-state index in [-0.39, 0.29) is 4.90 Å². The highest BCUT2D eigenvalue weighted by molar-refractivity contribution is 7.89. The summed E-state index contributed by atoms with van der Waals surface area (Å²) in [5.74, 6) is 1.05. The molecule has 0 radical (unpaired) electrons. The minimum absolute atomic E-state index is 0.183. The number of benzene rings is 1. The van der Waals surface area contributed by atoms with Crippen molar-refractivity contribution < 1.29 is 17.9 Å². The third-order valence-corrected chi connectivity index (χ3v) is 5.33. The highest BCUT2D eigenvalue weighted by atomic mass is 32.2. The summed E-state index contributed by atoms with van der Waals surface area (Å²) in [6.07, 6.45) is 0. The molecule has 2 heterocycles. The number of ether oxygens (including phenoxy) is 2. The lowest BCUT2D eigenvalue weighted by Crippen LogP contribution is -2.28. The second kappa shape index (κ2) is 6.25. The van der Waals surface area contributed by atoms with Gasteiger partial charge in [0, 0.05) is 30.5 Å². The second-order valence-corrected chi connectivity index (χ2v) is 7.24. The Morgan fingerprint density at radius 2 is 1.70 bits per heavy atom. The number of fused-ring (bicyclic) bond motifs is 1. The van der Waals surface area contributed by atoms with Crippen LogP contribution in [0, 0.1) is 13.8 Å². The van der Waals surface area contributed by atoms with Crippen LogP contribution in [0.4, 0.5) is 0 Å². The van der Waals surface area contributed by atoms with E-state index in [9.17, 15) is 8.42 Å². The lowest BCUT2D eigenvalue weighted by molar-refractivity contribution is 0.171. The fourth-order valence-electron chi connectivity index (χ4n) is 2.62. The van der Waals surface area contributed by atoms with Crippen LogP contribution in [-0.4, -0.2) is 32.7 Å². The number of hydrogen-bond donors (Lipinski definition) is 1. The maximum Gasteiger partial charge on any atom is 0.240 e. The third kappa shape index (κ3) is 3.35. The molecule has 1 aromatic heterocycles. The normalized spacial score (nSPS) is 14.0. The van der Waals surface area contributed by atoms with Crippen LogP contribution in [0.15, 0.2) is 35.2 Å². The molecule has 0 saturated heterocycles. The van der Waals surface area contributed by atoms with Crippen LogP contribution in [0.25, 0.3) is 0 Å². The molecule has 6 nitrogen and oxygen atoms in total. The minimum Gasteiger partial charge on any atom is -0.486 e. The maximum atomic E-state index is 12.4. The van der Waals surface area contributed by atoms with Crippen LogP contribution < -0.4 is 14.2 Å². The van der Waals surface area contributed by atoms with Gasteiger partial charge in [0.05, 0.1) is 4.90 Å². The van der Waals surface area contributed by atoms with Crippen LogP contribution >= 0.6 is 0 Å². The van der Waals surface area contributed by atoms with Crippen molar-refractivity contribution in [2.75, 3.05) is 19.8 Å². The molecule has 3 rings (SSSR count). The standard InChI is InChI=1S/C16H20N2O4S/c1-12-3-4-13(2)18(12)8-7-17-23(19,20)14-5-6-15-16(11-14)22-10-9-21-15/h3-6,11,17H,7-10H2,1-2H3. The summed E-state index contributed by atoms with van der Waals surface area (Å²) in [5, 5.41) is 0. The molecule has 1 N–H and O–H groups in total. The topological polar surface area (TPSA) is 69.6 Å².